The fourth-order valence-electron chi connectivity index (χ4n) is 2.82. The van der Waals surface area contributed by atoms with Gasteiger partial charge in [0.2, 0.25) is 0 Å². The quantitative estimate of drug-likeness (QED) is 0.602. The van der Waals surface area contributed by atoms with Crippen LogP contribution in [0.5, 0.6) is 5.75 Å². The van der Waals surface area contributed by atoms with Crippen molar-refractivity contribution in [2.45, 2.75) is 32.2 Å². The highest BCUT2D eigenvalue weighted by atomic mass is 19.4. The van der Waals surface area contributed by atoms with Crippen LogP contribution in [0.4, 0.5) is 13.2 Å². The number of hydrogen-bond acceptors (Lipinski definition) is 4. The molecule has 3 rings (SSSR count). The number of halogens is 3. The van der Waals surface area contributed by atoms with Gasteiger partial charge in [-0.2, -0.15) is 13.2 Å². The number of hydrogen-bond donors (Lipinski definition) is 2. The number of benzene rings is 2. The van der Waals surface area contributed by atoms with Gasteiger partial charge in [0.15, 0.2) is 0 Å². The molecule has 31 heavy (non-hydrogen) atoms. The minimum absolute atomic E-state index is 0.105. The standard InChI is InChI=1S/C22H19F3N2O4/c1-21(2,20(29)30)27-19(28)16-9-8-14-5-3-4-6-15(14)18(16)31-12-13-7-10-17(26-11-13)22(23,24)25/h3-11H,12H2,1-2H3,(H,27,28)(H,29,30). The molecule has 0 saturated heterocycles. The van der Waals surface area contributed by atoms with Crippen LogP contribution in [0.1, 0.15) is 35.5 Å². The van der Waals surface area contributed by atoms with Gasteiger partial charge in [-0.25, -0.2) is 4.79 Å². The lowest BCUT2D eigenvalue weighted by atomic mass is 10.0. The van der Waals surface area contributed by atoms with Gasteiger partial charge < -0.3 is 15.2 Å². The Hall–Kier alpha value is -3.62. The number of nitrogens with one attached hydrogen (secondary N) is 1. The van der Waals surface area contributed by atoms with E-state index in [-0.39, 0.29) is 17.9 Å². The second kappa shape index (κ2) is 8.25. The van der Waals surface area contributed by atoms with Gasteiger partial charge in [0.1, 0.15) is 23.6 Å². The third-order valence-electron chi connectivity index (χ3n) is 4.58. The molecule has 2 aromatic carbocycles. The molecule has 1 heterocycles. The zero-order valence-corrected chi connectivity index (χ0v) is 16.7. The number of rotatable bonds is 6. The van der Waals surface area contributed by atoms with E-state index in [1.807, 2.05) is 6.07 Å². The summed E-state index contributed by atoms with van der Waals surface area (Å²) in [6.07, 6.45) is -3.49. The Morgan fingerprint density at radius 2 is 1.77 bits per heavy atom. The number of carbonyl (C=O) groups is 2. The predicted octanol–water partition coefficient (Wildman–Crippen LogP) is 4.43. The van der Waals surface area contributed by atoms with Crippen molar-refractivity contribution in [2.75, 3.05) is 0 Å². The van der Waals surface area contributed by atoms with Gasteiger partial charge in [-0.3, -0.25) is 9.78 Å². The fraction of sp³-hybridized carbons (Fsp3) is 0.227. The van der Waals surface area contributed by atoms with E-state index in [9.17, 15) is 27.9 Å². The van der Waals surface area contributed by atoms with E-state index < -0.39 is 29.3 Å². The van der Waals surface area contributed by atoms with Crippen molar-refractivity contribution >= 4 is 22.6 Å². The molecule has 0 spiro atoms. The van der Waals surface area contributed by atoms with Gasteiger partial charge in [0.25, 0.3) is 5.91 Å². The number of pyridine rings is 1. The fourth-order valence-corrected chi connectivity index (χ4v) is 2.82. The van der Waals surface area contributed by atoms with Crippen LogP contribution in [0.15, 0.2) is 54.7 Å². The molecule has 0 radical (unpaired) electrons. The van der Waals surface area contributed by atoms with Crippen LogP contribution in [-0.2, 0) is 17.6 Å². The summed E-state index contributed by atoms with van der Waals surface area (Å²) >= 11 is 0. The van der Waals surface area contributed by atoms with Crippen LogP contribution in [0.25, 0.3) is 10.8 Å². The number of amides is 1. The largest absolute Gasteiger partial charge is 0.487 e. The summed E-state index contributed by atoms with van der Waals surface area (Å²) in [6.45, 7) is 2.56. The lowest BCUT2D eigenvalue weighted by Gasteiger charge is -2.22. The molecule has 9 heteroatoms. The van der Waals surface area contributed by atoms with E-state index in [1.54, 1.807) is 24.3 Å². The van der Waals surface area contributed by atoms with Crippen molar-refractivity contribution in [1.82, 2.24) is 10.3 Å². The number of alkyl halides is 3. The first-order chi connectivity index (χ1) is 14.5. The van der Waals surface area contributed by atoms with Crippen molar-refractivity contribution < 1.29 is 32.6 Å². The molecule has 0 unspecified atom stereocenters. The highest BCUT2D eigenvalue weighted by Gasteiger charge is 2.32. The van der Waals surface area contributed by atoms with Crippen molar-refractivity contribution in [1.29, 1.82) is 0 Å². The molecule has 0 aliphatic carbocycles. The second-order valence-electron chi connectivity index (χ2n) is 7.39. The van der Waals surface area contributed by atoms with E-state index in [4.69, 9.17) is 4.74 Å². The maximum Gasteiger partial charge on any atom is 0.433 e. The Kier molecular flexibility index (Phi) is 5.88. The lowest BCUT2D eigenvalue weighted by Crippen LogP contribution is -2.49. The van der Waals surface area contributed by atoms with E-state index in [2.05, 4.69) is 10.3 Å². The van der Waals surface area contributed by atoms with Gasteiger partial charge >= 0.3 is 12.1 Å². The number of ether oxygens (including phenoxy) is 1. The molecule has 6 nitrogen and oxygen atoms in total. The van der Waals surface area contributed by atoms with Gasteiger partial charge in [-0.1, -0.05) is 36.4 Å². The lowest BCUT2D eigenvalue weighted by molar-refractivity contribution is -0.143. The van der Waals surface area contributed by atoms with Crippen LogP contribution in [-0.4, -0.2) is 27.5 Å². The van der Waals surface area contributed by atoms with E-state index in [0.29, 0.717) is 10.9 Å². The SMILES string of the molecule is CC(C)(NC(=O)c1ccc2ccccc2c1OCc1ccc(C(F)(F)F)nc1)C(=O)O. The van der Waals surface area contributed by atoms with E-state index >= 15 is 0 Å². The zero-order valence-electron chi connectivity index (χ0n) is 16.7. The number of nitrogens with zero attached hydrogens (tertiary/aromatic N) is 1. The number of carbonyl (C=O) groups excluding carboxylic acids is 1. The monoisotopic (exact) mass is 432 g/mol. The number of carboxylic acids is 1. The minimum atomic E-state index is -4.54. The van der Waals surface area contributed by atoms with Crippen LogP contribution in [0.2, 0.25) is 0 Å². The third kappa shape index (κ3) is 4.93. The second-order valence-corrected chi connectivity index (χ2v) is 7.39. The van der Waals surface area contributed by atoms with Crippen LogP contribution < -0.4 is 10.1 Å². The summed E-state index contributed by atoms with van der Waals surface area (Å²) in [5.41, 5.74) is -2.06. The molecule has 1 aromatic heterocycles. The summed E-state index contributed by atoms with van der Waals surface area (Å²) in [7, 11) is 0. The van der Waals surface area contributed by atoms with E-state index in [1.165, 1.54) is 26.0 Å². The number of fused-ring (bicyclic) bond motifs is 1. The average molecular weight is 432 g/mol. The molecular weight excluding hydrogens is 413 g/mol. The van der Waals surface area contributed by atoms with Crippen molar-refractivity contribution in [3.63, 3.8) is 0 Å². The molecule has 162 valence electrons. The van der Waals surface area contributed by atoms with Gasteiger partial charge in [0, 0.05) is 17.1 Å². The Bertz CT molecular complexity index is 1130. The zero-order chi connectivity index (χ0) is 22.8. The number of carboxylic acid groups (broad SMARTS) is 1. The summed E-state index contributed by atoms with van der Waals surface area (Å²) in [5, 5.41) is 13.1. The third-order valence-corrected chi connectivity index (χ3v) is 4.58. The summed E-state index contributed by atoms with van der Waals surface area (Å²) in [6, 6.07) is 12.4. The summed E-state index contributed by atoms with van der Waals surface area (Å²) in [5.74, 6) is -1.67. The van der Waals surface area contributed by atoms with E-state index in [0.717, 1.165) is 17.6 Å². The Morgan fingerprint density at radius 1 is 1.06 bits per heavy atom. The minimum Gasteiger partial charge on any atom is -0.487 e. The van der Waals surface area contributed by atoms with Crippen molar-refractivity contribution in [3.8, 4) is 5.75 Å². The first kappa shape index (κ1) is 22.1. The molecule has 0 fully saturated rings. The number of aliphatic carboxylic acids is 1. The summed E-state index contributed by atoms with van der Waals surface area (Å²) in [4.78, 5) is 27.6. The molecule has 2 N–H and O–H groups in total. The summed E-state index contributed by atoms with van der Waals surface area (Å²) < 4.78 is 43.9. The molecule has 0 bridgehead atoms. The molecule has 0 saturated carbocycles. The topological polar surface area (TPSA) is 88.5 Å². The maximum atomic E-state index is 12.8. The van der Waals surface area contributed by atoms with Crippen molar-refractivity contribution in [3.05, 3.63) is 71.5 Å². The highest BCUT2D eigenvalue weighted by Crippen LogP contribution is 2.32. The first-order valence-corrected chi connectivity index (χ1v) is 9.21. The molecule has 0 aliphatic heterocycles. The Labute approximate surface area is 175 Å². The highest BCUT2D eigenvalue weighted by molar-refractivity contribution is 6.05. The Balaban J connectivity index is 1.93. The van der Waals surface area contributed by atoms with Gasteiger partial charge in [0.05, 0.1) is 5.56 Å². The normalized spacial score (nSPS) is 11.9. The molecule has 0 atom stereocenters. The molecule has 0 aliphatic rings. The van der Waals surface area contributed by atoms with Crippen LogP contribution >= 0.6 is 0 Å². The first-order valence-electron chi connectivity index (χ1n) is 9.21. The maximum absolute atomic E-state index is 12.8. The van der Waals surface area contributed by atoms with Crippen molar-refractivity contribution in [2.24, 2.45) is 0 Å². The van der Waals surface area contributed by atoms with Crippen LogP contribution in [0.3, 0.4) is 0 Å². The molecule has 1 amide bonds. The number of aromatic nitrogens is 1. The Morgan fingerprint density at radius 3 is 2.39 bits per heavy atom. The van der Waals surface area contributed by atoms with Gasteiger partial charge in [-0.15, -0.1) is 0 Å². The predicted molar refractivity (Wildman–Crippen MR) is 107 cm³/mol. The van der Waals surface area contributed by atoms with Crippen LogP contribution in [0, 0.1) is 0 Å². The smallest absolute Gasteiger partial charge is 0.433 e. The van der Waals surface area contributed by atoms with Gasteiger partial charge in [-0.05, 0) is 31.4 Å². The molecule has 3 aromatic rings. The molecular formula is C22H19F3N2O4. The average Bonchev–Trinajstić information content (AvgIpc) is 2.71.